The van der Waals surface area contributed by atoms with E-state index in [1.807, 2.05) is 6.92 Å². The molecule has 0 aliphatic carbocycles. The minimum atomic E-state index is -3.76. The fourth-order valence-electron chi connectivity index (χ4n) is 4.23. The molecule has 1 saturated heterocycles. The molecule has 1 aliphatic rings. The topological polar surface area (TPSA) is 97.8 Å². The zero-order valence-corrected chi connectivity index (χ0v) is 23.2. The first kappa shape index (κ1) is 26.4. The molecule has 1 aromatic heterocycles. The van der Waals surface area contributed by atoms with Crippen LogP contribution >= 0.6 is 22.9 Å². The summed E-state index contributed by atoms with van der Waals surface area (Å²) < 4.78 is 40.1. The largest absolute Gasteiger partial charge is 0.494 e. The SMILES string of the molecule is COc1ccc(Cl)c2sc(N(CC3CCCO3)C(=O)c3ccc(NS(=O)(=O)c4ccc(C)cc4)cc3)nc12. The van der Waals surface area contributed by atoms with Gasteiger partial charge in [-0.3, -0.25) is 14.4 Å². The molecule has 11 heteroatoms. The van der Waals surface area contributed by atoms with Crippen LogP contribution in [0.25, 0.3) is 10.2 Å². The van der Waals surface area contributed by atoms with Crippen molar-refractivity contribution < 1.29 is 22.7 Å². The Labute approximate surface area is 230 Å². The van der Waals surface area contributed by atoms with Crippen LogP contribution in [0.3, 0.4) is 0 Å². The van der Waals surface area contributed by atoms with Crippen LogP contribution in [0.2, 0.25) is 5.02 Å². The molecule has 38 heavy (non-hydrogen) atoms. The molecule has 5 rings (SSSR count). The molecule has 1 unspecified atom stereocenters. The second-order valence-electron chi connectivity index (χ2n) is 8.97. The molecular formula is C27H26ClN3O5S2. The average Bonchev–Trinajstić information content (AvgIpc) is 3.58. The van der Waals surface area contributed by atoms with Crippen LogP contribution in [0.4, 0.5) is 10.8 Å². The Morgan fingerprint density at radius 1 is 1.16 bits per heavy atom. The fraction of sp³-hybridized carbons (Fsp3) is 0.259. The van der Waals surface area contributed by atoms with E-state index in [-0.39, 0.29) is 16.9 Å². The van der Waals surface area contributed by atoms with Crippen molar-refractivity contribution in [3.63, 3.8) is 0 Å². The second-order valence-corrected chi connectivity index (χ2v) is 12.0. The van der Waals surface area contributed by atoms with Gasteiger partial charge in [0.05, 0.1) is 34.4 Å². The lowest BCUT2D eigenvalue weighted by Gasteiger charge is -2.23. The smallest absolute Gasteiger partial charge is 0.261 e. The maximum atomic E-state index is 13.7. The second kappa shape index (κ2) is 10.9. The van der Waals surface area contributed by atoms with Crippen molar-refractivity contribution in [3.8, 4) is 5.75 Å². The Balaban J connectivity index is 1.43. The van der Waals surface area contributed by atoms with Crippen LogP contribution in [0.1, 0.15) is 28.8 Å². The molecule has 198 valence electrons. The van der Waals surface area contributed by atoms with Crippen molar-refractivity contribution in [1.29, 1.82) is 0 Å². The van der Waals surface area contributed by atoms with E-state index < -0.39 is 10.0 Å². The molecule has 1 amide bonds. The average molecular weight is 572 g/mol. The fourth-order valence-corrected chi connectivity index (χ4v) is 6.55. The molecule has 0 bridgehead atoms. The van der Waals surface area contributed by atoms with E-state index in [1.54, 1.807) is 72.7 Å². The molecule has 1 atom stereocenters. The Hall–Kier alpha value is -3.18. The molecule has 1 fully saturated rings. The van der Waals surface area contributed by atoms with Crippen LogP contribution in [0.15, 0.2) is 65.6 Å². The van der Waals surface area contributed by atoms with Crippen molar-refractivity contribution in [3.05, 3.63) is 76.8 Å². The molecule has 3 aromatic carbocycles. The summed E-state index contributed by atoms with van der Waals surface area (Å²) in [5, 5.41) is 1.01. The number of carbonyl (C=O) groups excluding carboxylic acids is 1. The summed E-state index contributed by atoms with van der Waals surface area (Å²) in [6.45, 7) is 2.88. The molecule has 0 spiro atoms. The lowest BCUT2D eigenvalue weighted by atomic mass is 10.1. The number of aryl methyl sites for hydroxylation is 1. The van der Waals surface area contributed by atoms with Gasteiger partial charge in [0.1, 0.15) is 11.3 Å². The third-order valence-electron chi connectivity index (χ3n) is 6.27. The molecule has 1 aliphatic heterocycles. The maximum Gasteiger partial charge on any atom is 0.261 e. The zero-order valence-electron chi connectivity index (χ0n) is 20.8. The number of methoxy groups -OCH3 is 1. The molecule has 8 nitrogen and oxygen atoms in total. The molecule has 0 saturated carbocycles. The lowest BCUT2D eigenvalue weighted by Crippen LogP contribution is -2.37. The van der Waals surface area contributed by atoms with Gasteiger partial charge in [0, 0.05) is 17.9 Å². The first-order valence-electron chi connectivity index (χ1n) is 12.0. The number of halogens is 1. The van der Waals surface area contributed by atoms with Crippen molar-refractivity contribution in [2.75, 3.05) is 29.9 Å². The Kier molecular flexibility index (Phi) is 7.58. The van der Waals surface area contributed by atoms with Gasteiger partial charge in [-0.2, -0.15) is 0 Å². The van der Waals surface area contributed by atoms with Gasteiger partial charge in [0.15, 0.2) is 5.13 Å². The molecule has 1 N–H and O–H groups in total. The van der Waals surface area contributed by atoms with Crippen molar-refractivity contribution >= 4 is 59.9 Å². The molecule has 2 heterocycles. The van der Waals surface area contributed by atoms with Gasteiger partial charge in [-0.1, -0.05) is 40.6 Å². The number of thiazole rings is 1. The van der Waals surface area contributed by atoms with E-state index in [2.05, 4.69) is 4.72 Å². The number of nitrogens with one attached hydrogen (secondary N) is 1. The Morgan fingerprint density at radius 2 is 1.89 bits per heavy atom. The number of carbonyl (C=O) groups is 1. The Morgan fingerprint density at radius 3 is 2.55 bits per heavy atom. The summed E-state index contributed by atoms with van der Waals surface area (Å²) in [6, 6.07) is 16.4. The third-order valence-corrected chi connectivity index (χ3v) is 9.20. The van der Waals surface area contributed by atoms with Crippen LogP contribution in [-0.4, -0.2) is 45.7 Å². The van der Waals surface area contributed by atoms with Crippen LogP contribution in [-0.2, 0) is 14.8 Å². The molecular weight excluding hydrogens is 546 g/mol. The van der Waals surface area contributed by atoms with E-state index in [0.29, 0.717) is 45.8 Å². The van der Waals surface area contributed by atoms with Gasteiger partial charge in [-0.05, 0) is 68.3 Å². The first-order chi connectivity index (χ1) is 18.2. The van der Waals surface area contributed by atoms with Crippen LogP contribution < -0.4 is 14.4 Å². The van der Waals surface area contributed by atoms with Crippen molar-refractivity contribution in [1.82, 2.24) is 4.98 Å². The van der Waals surface area contributed by atoms with E-state index in [9.17, 15) is 13.2 Å². The van der Waals surface area contributed by atoms with Gasteiger partial charge < -0.3 is 9.47 Å². The highest BCUT2D eigenvalue weighted by Crippen LogP contribution is 2.39. The number of ether oxygens (including phenoxy) is 2. The van der Waals surface area contributed by atoms with Crippen molar-refractivity contribution in [2.24, 2.45) is 0 Å². The summed E-state index contributed by atoms with van der Waals surface area (Å²) in [6.07, 6.45) is 1.67. The predicted octanol–water partition coefficient (Wildman–Crippen LogP) is 5.89. The highest BCUT2D eigenvalue weighted by Gasteiger charge is 2.28. The van der Waals surface area contributed by atoms with Crippen LogP contribution in [0.5, 0.6) is 5.75 Å². The number of fused-ring (bicyclic) bond motifs is 1. The number of anilines is 2. The standard InChI is InChI=1S/C27H26ClN3O5S2/c1-17-5-11-21(12-6-17)38(33,34)30-19-9-7-18(8-10-19)26(32)31(16-20-4-3-15-36-20)27-29-24-23(35-2)14-13-22(28)25(24)37-27/h5-14,20,30H,3-4,15-16H2,1-2H3. The van der Waals surface area contributed by atoms with E-state index in [0.717, 1.165) is 23.1 Å². The van der Waals surface area contributed by atoms with Gasteiger partial charge in [-0.15, -0.1) is 0 Å². The van der Waals surface area contributed by atoms with Crippen LogP contribution in [0, 0.1) is 6.92 Å². The quantitative estimate of drug-likeness (QED) is 0.283. The maximum absolute atomic E-state index is 13.7. The summed E-state index contributed by atoms with van der Waals surface area (Å²) in [7, 11) is -2.20. The minimum Gasteiger partial charge on any atom is -0.494 e. The van der Waals surface area contributed by atoms with Gasteiger partial charge in [0.25, 0.3) is 15.9 Å². The normalized spacial score (nSPS) is 15.5. The summed E-state index contributed by atoms with van der Waals surface area (Å²) >= 11 is 7.74. The zero-order chi connectivity index (χ0) is 26.9. The summed E-state index contributed by atoms with van der Waals surface area (Å²) in [5.41, 5.74) is 2.29. The highest BCUT2D eigenvalue weighted by atomic mass is 35.5. The number of hydrogen-bond acceptors (Lipinski definition) is 7. The Bertz CT molecular complexity index is 1570. The number of sulfonamides is 1. The van der Waals surface area contributed by atoms with Gasteiger partial charge in [-0.25, -0.2) is 13.4 Å². The van der Waals surface area contributed by atoms with E-state index in [4.69, 9.17) is 26.1 Å². The predicted molar refractivity (Wildman–Crippen MR) is 150 cm³/mol. The summed E-state index contributed by atoms with van der Waals surface area (Å²) in [5.74, 6) is 0.296. The lowest BCUT2D eigenvalue weighted by molar-refractivity contribution is 0.0917. The number of rotatable bonds is 8. The highest BCUT2D eigenvalue weighted by molar-refractivity contribution is 7.92. The monoisotopic (exact) mass is 571 g/mol. The first-order valence-corrected chi connectivity index (χ1v) is 14.7. The molecule has 0 radical (unpaired) electrons. The number of benzene rings is 3. The van der Waals surface area contributed by atoms with Crippen molar-refractivity contribution in [2.45, 2.75) is 30.8 Å². The number of aromatic nitrogens is 1. The molecule has 4 aromatic rings. The van der Waals surface area contributed by atoms with E-state index >= 15 is 0 Å². The van der Waals surface area contributed by atoms with Gasteiger partial charge >= 0.3 is 0 Å². The number of amides is 1. The third kappa shape index (κ3) is 5.49. The summed E-state index contributed by atoms with van der Waals surface area (Å²) in [4.78, 5) is 20.2. The van der Waals surface area contributed by atoms with E-state index in [1.165, 1.54) is 11.3 Å². The number of nitrogens with zero attached hydrogens (tertiary/aromatic N) is 2. The van der Waals surface area contributed by atoms with Gasteiger partial charge in [0.2, 0.25) is 0 Å². The number of hydrogen-bond donors (Lipinski definition) is 1. The minimum absolute atomic E-state index is 0.107.